The number of anilines is 1. The van der Waals surface area contributed by atoms with Gasteiger partial charge in [0, 0.05) is 23.8 Å². The Morgan fingerprint density at radius 3 is 2.48 bits per heavy atom. The van der Waals surface area contributed by atoms with Gasteiger partial charge in [-0.15, -0.1) is 0 Å². The monoisotopic (exact) mass is 388 g/mol. The van der Waals surface area contributed by atoms with Crippen LogP contribution in [0.15, 0.2) is 66.9 Å². The first-order valence-corrected chi connectivity index (χ1v) is 10.8. The number of hydrogen-bond acceptors (Lipinski definition) is 3. The Labute approximate surface area is 174 Å². The summed E-state index contributed by atoms with van der Waals surface area (Å²) in [5.41, 5.74) is 2.46. The fourth-order valence-corrected chi connectivity index (χ4v) is 5.08. The van der Waals surface area contributed by atoms with E-state index in [-0.39, 0.29) is 5.41 Å². The lowest BCUT2D eigenvalue weighted by atomic mass is 9.70. The van der Waals surface area contributed by atoms with E-state index < -0.39 is 5.60 Å². The lowest BCUT2D eigenvalue weighted by Crippen LogP contribution is -2.47. The van der Waals surface area contributed by atoms with Crippen LogP contribution in [-0.4, -0.2) is 22.2 Å². The van der Waals surface area contributed by atoms with Gasteiger partial charge in [0.05, 0.1) is 11.1 Å². The molecule has 0 aliphatic heterocycles. The Hall–Kier alpha value is -2.39. The van der Waals surface area contributed by atoms with Gasteiger partial charge in [-0.3, -0.25) is 4.98 Å². The maximum absolute atomic E-state index is 12.0. The standard InChI is InChI=1S/C26H32N2O/c1-25(2,20-10-4-3-5-11-20)18-26(29,21-12-6-7-13-21)19-28-24-16-8-15-23-22(24)14-9-17-27-23/h3-5,8-11,14-17,21,28-29H,6-7,12-13,18-19H2,1-2H3. The topological polar surface area (TPSA) is 45.1 Å². The average Bonchev–Trinajstić information content (AvgIpc) is 3.28. The smallest absolute Gasteiger partial charge is 0.0855 e. The number of benzene rings is 2. The number of hydrogen-bond donors (Lipinski definition) is 2. The molecular formula is C26H32N2O. The molecule has 1 fully saturated rings. The molecule has 0 radical (unpaired) electrons. The van der Waals surface area contributed by atoms with E-state index in [1.165, 1.54) is 18.4 Å². The molecule has 1 atom stereocenters. The molecule has 1 unspecified atom stereocenters. The van der Waals surface area contributed by atoms with E-state index in [0.29, 0.717) is 12.5 Å². The van der Waals surface area contributed by atoms with E-state index in [0.717, 1.165) is 35.9 Å². The second kappa shape index (κ2) is 8.16. The third kappa shape index (κ3) is 4.30. The third-order valence-electron chi connectivity index (χ3n) is 6.65. The Kier molecular flexibility index (Phi) is 5.60. The molecule has 1 saturated carbocycles. The minimum Gasteiger partial charge on any atom is -0.388 e. The molecule has 4 rings (SSSR count). The maximum Gasteiger partial charge on any atom is 0.0855 e. The summed E-state index contributed by atoms with van der Waals surface area (Å²) in [6.45, 7) is 5.07. The summed E-state index contributed by atoms with van der Waals surface area (Å²) in [6.07, 6.45) is 7.22. The molecule has 1 aliphatic carbocycles. The van der Waals surface area contributed by atoms with E-state index in [4.69, 9.17) is 0 Å². The number of nitrogens with zero attached hydrogens (tertiary/aromatic N) is 1. The van der Waals surface area contributed by atoms with Gasteiger partial charge >= 0.3 is 0 Å². The highest BCUT2D eigenvalue weighted by Gasteiger charge is 2.42. The predicted molar refractivity (Wildman–Crippen MR) is 121 cm³/mol. The first-order chi connectivity index (χ1) is 14.0. The number of rotatable bonds is 7. The van der Waals surface area contributed by atoms with Crippen molar-refractivity contribution in [1.82, 2.24) is 4.98 Å². The molecule has 3 nitrogen and oxygen atoms in total. The van der Waals surface area contributed by atoms with E-state index in [1.807, 2.05) is 24.4 Å². The number of aromatic nitrogens is 1. The van der Waals surface area contributed by atoms with E-state index >= 15 is 0 Å². The van der Waals surface area contributed by atoms with Gasteiger partial charge in [0.25, 0.3) is 0 Å². The van der Waals surface area contributed by atoms with Gasteiger partial charge in [-0.1, -0.05) is 63.1 Å². The van der Waals surface area contributed by atoms with Crippen LogP contribution >= 0.6 is 0 Å². The van der Waals surface area contributed by atoms with Crippen molar-refractivity contribution >= 4 is 16.6 Å². The molecule has 152 valence electrons. The lowest BCUT2D eigenvalue weighted by Gasteiger charge is -2.41. The summed E-state index contributed by atoms with van der Waals surface area (Å²) in [5, 5.41) is 16.7. The predicted octanol–water partition coefficient (Wildman–Crippen LogP) is 5.94. The fraction of sp³-hybridized carbons (Fsp3) is 0.423. The van der Waals surface area contributed by atoms with Crippen molar-refractivity contribution in [3.63, 3.8) is 0 Å². The third-order valence-corrected chi connectivity index (χ3v) is 6.65. The molecule has 3 heteroatoms. The van der Waals surface area contributed by atoms with Crippen molar-refractivity contribution < 1.29 is 5.11 Å². The molecule has 0 bridgehead atoms. The van der Waals surface area contributed by atoms with Crippen molar-refractivity contribution in [1.29, 1.82) is 0 Å². The Bertz CT molecular complexity index is 942. The van der Waals surface area contributed by atoms with Crippen LogP contribution in [0.1, 0.15) is 51.5 Å². The Balaban J connectivity index is 1.60. The molecule has 0 spiro atoms. The van der Waals surface area contributed by atoms with Crippen LogP contribution in [0.4, 0.5) is 5.69 Å². The van der Waals surface area contributed by atoms with E-state index in [9.17, 15) is 5.11 Å². The van der Waals surface area contributed by atoms with E-state index in [2.05, 4.69) is 66.6 Å². The van der Waals surface area contributed by atoms with Crippen molar-refractivity contribution in [2.45, 2.75) is 57.0 Å². The summed E-state index contributed by atoms with van der Waals surface area (Å²) in [5.74, 6) is 0.339. The number of aliphatic hydroxyl groups is 1. The number of fused-ring (bicyclic) bond motifs is 1. The van der Waals surface area contributed by atoms with E-state index in [1.54, 1.807) is 0 Å². The summed E-state index contributed by atoms with van der Waals surface area (Å²) in [6, 6.07) is 20.8. The quantitative estimate of drug-likeness (QED) is 0.527. The van der Waals surface area contributed by atoms with Crippen molar-refractivity contribution in [2.24, 2.45) is 5.92 Å². The summed E-state index contributed by atoms with van der Waals surface area (Å²) < 4.78 is 0. The van der Waals surface area contributed by atoms with Crippen LogP contribution < -0.4 is 5.32 Å². The summed E-state index contributed by atoms with van der Waals surface area (Å²) in [4.78, 5) is 4.46. The van der Waals surface area contributed by atoms with Gasteiger partial charge < -0.3 is 10.4 Å². The fourth-order valence-electron chi connectivity index (χ4n) is 5.08. The van der Waals surface area contributed by atoms with Gasteiger partial charge in [-0.25, -0.2) is 0 Å². The second-order valence-electron chi connectivity index (χ2n) is 9.24. The molecule has 1 heterocycles. The molecule has 3 aromatic rings. The second-order valence-corrected chi connectivity index (χ2v) is 9.24. The number of pyridine rings is 1. The van der Waals surface area contributed by atoms with Gasteiger partial charge in [0.15, 0.2) is 0 Å². The molecule has 1 aromatic heterocycles. The normalized spacial score (nSPS) is 17.3. The van der Waals surface area contributed by atoms with Gasteiger partial charge in [0.1, 0.15) is 0 Å². The van der Waals surface area contributed by atoms with Crippen molar-refractivity contribution in [2.75, 3.05) is 11.9 Å². The molecule has 0 amide bonds. The zero-order chi connectivity index (χ0) is 20.3. The Morgan fingerprint density at radius 1 is 0.966 bits per heavy atom. The maximum atomic E-state index is 12.0. The minimum absolute atomic E-state index is 0.0966. The zero-order valence-electron chi connectivity index (χ0n) is 17.6. The lowest BCUT2D eigenvalue weighted by molar-refractivity contribution is -0.0272. The van der Waals surface area contributed by atoms with Crippen LogP contribution in [0, 0.1) is 5.92 Å². The molecular weight excluding hydrogens is 356 g/mol. The molecule has 1 aliphatic rings. The van der Waals surface area contributed by atoms with Crippen LogP contribution in [0.25, 0.3) is 10.9 Å². The molecule has 2 aromatic carbocycles. The summed E-state index contributed by atoms with van der Waals surface area (Å²) >= 11 is 0. The van der Waals surface area contributed by atoms with Crippen LogP contribution in [0.5, 0.6) is 0 Å². The highest BCUT2D eigenvalue weighted by molar-refractivity contribution is 5.91. The average molecular weight is 389 g/mol. The van der Waals surface area contributed by atoms with Gasteiger partial charge in [-0.05, 0) is 60.4 Å². The SMILES string of the molecule is CC(C)(CC(O)(CNc1cccc2ncccc12)C1CCCC1)c1ccccc1. The molecule has 2 N–H and O–H groups in total. The highest BCUT2D eigenvalue weighted by atomic mass is 16.3. The molecule has 29 heavy (non-hydrogen) atoms. The minimum atomic E-state index is -0.750. The van der Waals surface area contributed by atoms with Crippen molar-refractivity contribution in [3.8, 4) is 0 Å². The number of nitrogens with one attached hydrogen (secondary N) is 1. The van der Waals surface area contributed by atoms with Crippen LogP contribution in [0.2, 0.25) is 0 Å². The Morgan fingerprint density at radius 2 is 1.72 bits per heavy atom. The van der Waals surface area contributed by atoms with Gasteiger partial charge in [-0.2, -0.15) is 0 Å². The first-order valence-electron chi connectivity index (χ1n) is 10.8. The zero-order valence-corrected chi connectivity index (χ0v) is 17.6. The highest BCUT2D eigenvalue weighted by Crippen LogP contribution is 2.42. The van der Waals surface area contributed by atoms with Crippen molar-refractivity contribution in [3.05, 3.63) is 72.4 Å². The summed E-state index contributed by atoms with van der Waals surface area (Å²) in [7, 11) is 0. The largest absolute Gasteiger partial charge is 0.388 e. The molecule has 0 saturated heterocycles. The first kappa shape index (κ1) is 19.9. The van der Waals surface area contributed by atoms with Crippen LogP contribution in [-0.2, 0) is 5.41 Å². The van der Waals surface area contributed by atoms with Crippen LogP contribution in [0.3, 0.4) is 0 Å². The van der Waals surface area contributed by atoms with Gasteiger partial charge in [0.2, 0.25) is 0 Å².